The van der Waals surface area contributed by atoms with E-state index in [2.05, 4.69) is 16.0 Å². The Balaban J connectivity index is 1.38. The van der Waals surface area contributed by atoms with Crippen LogP contribution in [0.3, 0.4) is 0 Å². The first-order chi connectivity index (χ1) is 15.7. The predicted molar refractivity (Wildman–Crippen MR) is 127 cm³/mol. The summed E-state index contributed by atoms with van der Waals surface area (Å²) in [6, 6.07) is 9.28. The zero-order chi connectivity index (χ0) is 23.7. The van der Waals surface area contributed by atoms with Crippen molar-refractivity contribution in [2.75, 3.05) is 17.2 Å². The molecule has 10 nitrogen and oxygen atoms in total. The van der Waals surface area contributed by atoms with Crippen LogP contribution in [-0.4, -0.2) is 47.0 Å². The topological polar surface area (TPSA) is 151 Å². The van der Waals surface area contributed by atoms with Gasteiger partial charge in [0.15, 0.2) is 0 Å². The number of primary amides is 1. The van der Waals surface area contributed by atoms with Crippen LogP contribution in [0.25, 0.3) is 0 Å². The van der Waals surface area contributed by atoms with Crippen LogP contribution in [0.15, 0.2) is 36.4 Å². The van der Waals surface area contributed by atoms with Crippen molar-refractivity contribution in [3.05, 3.63) is 56.7 Å². The number of carbonyl (C=O) groups excluding carboxylic acids is 5. The SMILES string of the molecule is NC(=O)c1cc(I)cc(NC(=O)CNc2ccc3c(c2)CN(C2CCC(=O)NC2=O)C3=O)c1. The minimum atomic E-state index is -0.677. The molecular weight excluding hydrogens is 541 g/mol. The van der Waals surface area contributed by atoms with Crippen molar-refractivity contribution in [2.24, 2.45) is 5.73 Å². The monoisotopic (exact) mass is 561 g/mol. The molecule has 4 rings (SSSR count). The average Bonchev–Trinajstić information content (AvgIpc) is 3.07. The molecule has 2 aliphatic rings. The van der Waals surface area contributed by atoms with Gasteiger partial charge in [0.05, 0.1) is 6.54 Å². The summed E-state index contributed by atoms with van der Waals surface area (Å²) in [6.07, 6.45) is 0.491. The number of amides is 5. The molecule has 5 amide bonds. The number of imide groups is 1. The molecule has 2 aromatic carbocycles. The molecule has 170 valence electrons. The first-order valence-electron chi connectivity index (χ1n) is 10.1. The summed E-state index contributed by atoms with van der Waals surface area (Å²) in [4.78, 5) is 61.5. The van der Waals surface area contributed by atoms with E-state index in [9.17, 15) is 24.0 Å². The number of anilines is 2. The van der Waals surface area contributed by atoms with Crippen LogP contribution in [0, 0.1) is 3.57 Å². The first kappa shape index (κ1) is 22.7. The van der Waals surface area contributed by atoms with Crippen LogP contribution in [0.5, 0.6) is 0 Å². The molecule has 0 spiro atoms. The first-order valence-corrected chi connectivity index (χ1v) is 11.2. The highest BCUT2D eigenvalue weighted by molar-refractivity contribution is 14.1. The number of halogens is 1. The minimum Gasteiger partial charge on any atom is -0.376 e. The second-order valence-corrected chi connectivity index (χ2v) is 9.01. The zero-order valence-electron chi connectivity index (χ0n) is 17.3. The smallest absolute Gasteiger partial charge is 0.255 e. The Hall–Kier alpha value is -3.48. The Bertz CT molecular complexity index is 1200. The number of nitrogens with zero attached hydrogens (tertiary/aromatic N) is 1. The lowest BCUT2D eigenvalue weighted by atomic mass is 10.0. The maximum Gasteiger partial charge on any atom is 0.255 e. The predicted octanol–water partition coefficient (Wildman–Crippen LogP) is 1.20. The number of benzene rings is 2. The molecule has 2 aliphatic heterocycles. The Morgan fingerprint density at radius 3 is 2.64 bits per heavy atom. The highest BCUT2D eigenvalue weighted by Gasteiger charge is 2.39. The summed E-state index contributed by atoms with van der Waals surface area (Å²) >= 11 is 2.03. The van der Waals surface area contributed by atoms with Gasteiger partial charge in [0.25, 0.3) is 5.91 Å². The number of carbonyl (C=O) groups is 5. The molecule has 33 heavy (non-hydrogen) atoms. The summed E-state index contributed by atoms with van der Waals surface area (Å²) in [7, 11) is 0. The second-order valence-electron chi connectivity index (χ2n) is 7.77. The molecule has 0 saturated carbocycles. The largest absolute Gasteiger partial charge is 0.376 e. The number of piperidine rings is 1. The van der Waals surface area contributed by atoms with E-state index in [-0.39, 0.29) is 37.2 Å². The van der Waals surface area contributed by atoms with Crippen molar-refractivity contribution >= 4 is 63.5 Å². The molecule has 11 heteroatoms. The fourth-order valence-corrected chi connectivity index (χ4v) is 4.55. The van der Waals surface area contributed by atoms with Gasteiger partial charge in [-0.15, -0.1) is 0 Å². The van der Waals surface area contributed by atoms with Gasteiger partial charge in [-0.25, -0.2) is 0 Å². The highest BCUT2D eigenvalue weighted by atomic mass is 127. The number of hydrogen-bond donors (Lipinski definition) is 4. The molecule has 0 aromatic heterocycles. The highest BCUT2D eigenvalue weighted by Crippen LogP contribution is 2.29. The lowest BCUT2D eigenvalue weighted by Crippen LogP contribution is -2.52. The Morgan fingerprint density at radius 1 is 1.12 bits per heavy atom. The van der Waals surface area contributed by atoms with Crippen molar-refractivity contribution in [2.45, 2.75) is 25.4 Å². The van der Waals surface area contributed by atoms with Crippen LogP contribution in [0.4, 0.5) is 11.4 Å². The normalized spacial score (nSPS) is 17.4. The number of nitrogens with two attached hydrogens (primary N) is 1. The second kappa shape index (κ2) is 9.17. The van der Waals surface area contributed by atoms with Crippen molar-refractivity contribution in [3.8, 4) is 0 Å². The lowest BCUT2D eigenvalue weighted by Gasteiger charge is -2.29. The maximum atomic E-state index is 12.7. The minimum absolute atomic E-state index is 0.0407. The Labute approximate surface area is 202 Å². The molecule has 1 fully saturated rings. The molecule has 1 atom stereocenters. The molecule has 0 aliphatic carbocycles. The fraction of sp³-hybridized carbons (Fsp3) is 0.227. The van der Waals surface area contributed by atoms with Crippen LogP contribution in [0.2, 0.25) is 0 Å². The van der Waals surface area contributed by atoms with E-state index >= 15 is 0 Å². The van der Waals surface area contributed by atoms with E-state index in [1.165, 1.54) is 11.0 Å². The van der Waals surface area contributed by atoms with Crippen LogP contribution in [-0.2, 0) is 20.9 Å². The van der Waals surface area contributed by atoms with Gasteiger partial charge in [-0.1, -0.05) is 0 Å². The third kappa shape index (κ3) is 4.97. The standard InChI is InChI=1S/C22H20IN5O5/c23-13-5-11(20(24)31)6-15(8-13)26-19(30)9-25-14-1-2-16-12(7-14)10-28(22(16)33)17-3-4-18(29)27-21(17)32/h1-2,5-8,17,25H,3-4,9-10H2,(H2,24,31)(H,26,30)(H,27,29,32). The van der Waals surface area contributed by atoms with Gasteiger partial charge in [-0.3, -0.25) is 29.3 Å². The van der Waals surface area contributed by atoms with Gasteiger partial charge in [-0.2, -0.15) is 0 Å². The van der Waals surface area contributed by atoms with E-state index < -0.39 is 17.9 Å². The van der Waals surface area contributed by atoms with Crippen LogP contribution in [0.1, 0.15) is 39.1 Å². The zero-order valence-corrected chi connectivity index (χ0v) is 19.5. The van der Waals surface area contributed by atoms with Crippen LogP contribution >= 0.6 is 22.6 Å². The summed E-state index contributed by atoms with van der Waals surface area (Å²) in [5.41, 5.74) is 7.94. The Morgan fingerprint density at radius 2 is 1.91 bits per heavy atom. The number of hydrogen-bond acceptors (Lipinski definition) is 6. The van der Waals surface area contributed by atoms with Gasteiger partial charge < -0.3 is 21.3 Å². The molecule has 1 saturated heterocycles. The van der Waals surface area contributed by atoms with E-state index in [0.29, 0.717) is 28.9 Å². The molecule has 2 heterocycles. The molecular formula is C22H20IN5O5. The summed E-state index contributed by atoms with van der Waals surface area (Å²) in [5.74, 6) is -1.96. The van der Waals surface area contributed by atoms with Crippen molar-refractivity contribution < 1.29 is 24.0 Å². The summed E-state index contributed by atoms with van der Waals surface area (Å²) in [6.45, 7) is 0.210. The van der Waals surface area contributed by atoms with Gasteiger partial charge in [0.2, 0.25) is 23.6 Å². The van der Waals surface area contributed by atoms with Gasteiger partial charge in [-0.05, 0) is 71.0 Å². The molecule has 2 aromatic rings. The van der Waals surface area contributed by atoms with Crippen LogP contribution < -0.4 is 21.7 Å². The number of fused-ring (bicyclic) bond motifs is 1. The van der Waals surface area contributed by atoms with E-state index in [1.54, 1.807) is 30.3 Å². The lowest BCUT2D eigenvalue weighted by molar-refractivity contribution is -0.137. The summed E-state index contributed by atoms with van der Waals surface area (Å²) < 4.78 is 0.760. The fourth-order valence-electron chi connectivity index (χ4n) is 3.88. The van der Waals surface area contributed by atoms with Gasteiger partial charge in [0, 0.05) is 39.0 Å². The Kier molecular flexibility index (Phi) is 6.31. The van der Waals surface area contributed by atoms with Crippen molar-refractivity contribution in [3.63, 3.8) is 0 Å². The molecule has 1 unspecified atom stereocenters. The maximum absolute atomic E-state index is 12.7. The number of nitrogens with one attached hydrogen (secondary N) is 3. The number of rotatable bonds is 6. The quantitative estimate of drug-likeness (QED) is 0.308. The van der Waals surface area contributed by atoms with Gasteiger partial charge in [0.1, 0.15) is 6.04 Å². The molecule has 5 N–H and O–H groups in total. The van der Waals surface area contributed by atoms with E-state index in [4.69, 9.17) is 5.73 Å². The molecule has 0 bridgehead atoms. The average molecular weight is 561 g/mol. The van der Waals surface area contributed by atoms with Crippen molar-refractivity contribution in [1.29, 1.82) is 0 Å². The molecule has 0 radical (unpaired) electrons. The van der Waals surface area contributed by atoms with E-state index in [0.717, 1.165) is 9.13 Å². The van der Waals surface area contributed by atoms with Gasteiger partial charge >= 0.3 is 0 Å². The summed E-state index contributed by atoms with van der Waals surface area (Å²) in [5, 5.41) is 8.00. The van der Waals surface area contributed by atoms with Crippen molar-refractivity contribution in [1.82, 2.24) is 10.2 Å². The third-order valence-electron chi connectivity index (χ3n) is 5.44. The van der Waals surface area contributed by atoms with E-state index in [1.807, 2.05) is 22.6 Å². The third-order valence-corrected chi connectivity index (χ3v) is 6.07.